The van der Waals surface area contributed by atoms with Crippen LogP contribution >= 0.6 is 0 Å². The summed E-state index contributed by atoms with van der Waals surface area (Å²) in [6.07, 6.45) is 54.9. The number of aliphatic carboxylic acids is 1. The first-order valence-corrected chi connectivity index (χ1v) is 28.9. The second-order valence-corrected chi connectivity index (χ2v) is 19.2. The molecular weight excluding hydrogens is 949 g/mol. The number of aliphatic hydroxyl groups is 2. The molecule has 12 heteroatoms. The topological polar surface area (TPSA) is 175 Å². The van der Waals surface area contributed by atoms with E-state index < -0.39 is 67.3 Å². The molecule has 6 unspecified atom stereocenters. The van der Waals surface area contributed by atoms with Crippen molar-refractivity contribution in [3.63, 3.8) is 0 Å². The average molecular weight is 1050 g/mol. The fourth-order valence-corrected chi connectivity index (χ4v) is 7.93. The highest BCUT2D eigenvalue weighted by atomic mass is 16.7. The maximum absolute atomic E-state index is 13.1. The van der Waals surface area contributed by atoms with E-state index in [0.717, 1.165) is 135 Å². The lowest BCUT2D eigenvalue weighted by Gasteiger charge is -2.40. The highest BCUT2D eigenvalue weighted by Crippen LogP contribution is 2.26. The van der Waals surface area contributed by atoms with E-state index in [9.17, 15) is 34.5 Å². The fourth-order valence-electron chi connectivity index (χ4n) is 7.93. The van der Waals surface area contributed by atoms with E-state index in [4.69, 9.17) is 23.7 Å². The zero-order valence-electron chi connectivity index (χ0n) is 46.5. The van der Waals surface area contributed by atoms with E-state index >= 15 is 0 Å². The molecule has 6 atom stereocenters. The van der Waals surface area contributed by atoms with Crippen molar-refractivity contribution in [2.75, 3.05) is 13.2 Å². The molecule has 0 bridgehead atoms. The molecule has 0 aromatic rings. The van der Waals surface area contributed by atoms with Crippen LogP contribution in [0.15, 0.2) is 109 Å². The van der Waals surface area contributed by atoms with E-state index in [1.54, 1.807) is 0 Å². The monoisotopic (exact) mass is 1050 g/mol. The van der Waals surface area contributed by atoms with Crippen LogP contribution in [0, 0.1) is 0 Å². The molecule has 75 heavy (non-hydrogen) atoms. The van der Waals surface area contributed by atoms with Gasteiger partial charge in [-0.05, 0) is 122 Å². The first-order chi connectivity index (χ1) is 36.6. The summed E-state index contributed by atoms with van der Waals surface area (Å²) in [5, 5.41) is 31.5. The summed E-state index contributed by atoms with van der Waals surface area (Å²) in [6.45, 7) is 5.67. The lowest BCUT2D eigenvalue weighted by atomic mass is 9.98. The Hall–Kier alpha value is -4.62. The third-order valence-corrected chi connectivity index (χ3v) is 12.3. The molecule has 0 amide bonds. The number of carboxylic acid groups (broad SMARTS) is 1. The number of esters is 3. The minimum atomic E-state index is -1.92. The van der Waals surface area contributed by atoms with Gasteiger partial charge in [-0.1, -0.05) is 182 Å². The van der Waals surface area contributed by atoms with Gasteiger partial charge in [0.2, 0.25) is 0 Å². The number of carbonyl (C=O) groups excluding carboxylic acids is 3. The van der Waals surface area contributed by atoms with Gasteiger partial charge in [0.05, 0.1) is 6.61 Å². The first kappa shape index (κ1) is 68.4. The Balaban J connectivity index is 2.76. The quantitative estimate of drug-likeness (QED) is 0.0228. The van der Waals surface area contributed by atoms with Crippen LogP contribution in [0.1, 0.15) is 213 Å². The number of unbranched alkanes of at least 4 members (excludes halogenated alkanes) is 15. The Bertz CT molecular complexity index is 1720. The Morgan fingerprint density at radius 1 is 0.453 bits per heavy atom. The Morgan fingerprint density at radius 2 is 0.840 bits per heavy atom. The molecule has 1 heterocycles. The van der Waals surface area contributed by atoms with Gasteiger partial charge in [0.1, 0.15) is 18.8 Å². The van der Waals surface area contributed by atoms with Gasteiger partial charge in [0.25, 0.3) is 0 Å². The predicted molar refractivity (Wildman–Crippen MR) is 303 cm³/mol. The van der Waals surface area contributed by atoms with Gasteiger partial charge in [0, 0.05) is 19.3 Å². The Morgan fingerprint density at radius 3 is 1.31 bits per heavy atom. The molecule has 1 saturated heterocycles. The van der Waals surface area contributed by atoms with Gasteiger partial charge in [-0.3, -0.25) is 14.4 Å². The van der Waals surface area contributed by atoms with Crippen LogP contribution in [0.4, 0.5) is 0 Å². The second kappa shape index (κ2) is 50.2. The summed E-state index contributed by atoms with van der Waals surface area (Å²) in [6, 6.07) is 0. The van der Waals surface area contributed by atoms with E-state index in [1.807, 2.05) is 0 Å². The van der Waals surface area contributed by atoms with Crippen molar-refractivity contribution in [3.05, 3.63) is 109 Å². The normalized spacial score (nSPS) is 19.0. The number of allylic oxidation sites excluding steroid dienone is 18. The number of rotatable bonds is 47. The Kier molecular flexibility index (Phi) is 45.8. The van der Waals surface area contributed by atoms with Gasteiger partial charge in [-0.15, -0.1) is 0 Å². The molecule has 0 aromatic heterocycles. The molecule has 1 aliphatic rings. The molecule has 1 aliphatic heterocycles. The number of carbonyl (C=O) groups is 4. The largest absolute Gasteiger partial charge is 0.479 e. The van der Waals surface area contributed by atoms with Crippen LogP contribution in [0.2, 0.25) is 0 Å². The molecule has 0 saturated carbocycles. The molecular formula is C63H100O12. The maximum Gasteiger partial charge on any atom is 0.335 e. The van der Waals surface area contributed by atoms with Crippen LogP contribution in [0.5, 0.6) is 0 Å². The minimum absolute atomic E-state index is 0.0327. The molecule has 1 rings (SSSR count). The smallest absolute Gasteiger partial charge is 0.335 e. The third kappa shape index (κ3) is 40.3. The number of hydrogen-bond donors (Lipinski definition) is 3. The molecule has 3 N–H and O–H groups in total. The Labute approximate surface area is 453 Å². The van der Waals surface area contributed by atoms with E-state index in [2.05, 4.69) is 130 Å². The number of ether oxygens (including phenoxy) is 5. The predicted octanol–water partition coefficient (Wildman–Crippen LogP) is 14.7. The van der Waals surface area contributed by atoms with Gasteiger partial charge < -0.3 is 39.0 Å². The molecule has 0 spiro atoms. The standard InChI is InChI=1S/C63H100O12/c1-4-7-10-13-16-19-22-25-28-31-34-37-40-43-46-49-55(64)71-52-54(73-56(65)50-47-44-41-38-35-32-29-26-23-20-17-14-11-8-5-2)53-72-63-61(59(68)58(67)60(75-63)62(69)70)74-57(66)51-48-45-42-39-36-33-30-27-24-21-18-15-12-9-6-3/h7-8,10-11,16-21,25-30,34,37,54,58-61,63,67-68H,4-6,9,12-15,22-24,31-33,35-36,38-53H2,1-3H3,(H,69,70)/b10-7-,11-8-,19-16-,20-17-,21-18-,28-25-,29-26-,30-27-,37-34-. The third-order valence-electron chi connectivity index (χ3n) is 12.3. The number of hydrogen-bond acceptors (Lipinski definition) is 11. The van der Waals surface area contributed by atoms with Crippen LogP contribution < -0.4 is 0 Å². The van der Waals surface area contributed by atoms with E-state index in [1.165, 1.54) is 19.3 Å². The average Bonchev–Trinajstić information content (AvgIpc) is 3.39. The summed E-state index contributed by atoms with van der Waals surface area (Å²) in [7, 11) is 0. The van der Waals surface area contributed by atoms with Gasteiger partial charge in [-0.25, -0.2) is 4.79 Å². The summed E-state index contributed by atoms with van der Waals surface area (Å²) in [4.78, 5) is 51.1. The summed E-state index contributed by atoms with van der Waals surface area (Å²) in [5.41, 5.74) is 0. The summed E-state index contributed by atoms with van der Waals surface area (Å²) < 4.78 is 28.3. The lowest BCUT2D eigenvalue weighted by molar-refractivity contribution is -0.301. The van der Waals surface area contributed by atoms with Crippen molar-refractivity contribution in [2.45, 2.75) is 250 Å². The zero-order valence-corrected chi connectivity index (χ0v) is 46.5. The molecule has 424 valence electrons. The van der Waals surface area contributed by atoms with Crippen LogP contribution in [0.25, 0.3) is 0 Å². The maximum atomic E-state index is 13.1. The van der Waals surface area contributed by atoms with Gasteiger partial charge in [0.15, 0.2) is 24.6 Å². The highest BCUT2D eigenvalue weighted by Gasteiger charge is 2.50. The molecule has 0 aromatic carbocycles. The summed E-state index contributed by atoms with van der Waals surface area (Å²) in [5.74, 6) is -3.23. The minimum Gasteiger partial charge on any atom is -0.479 e. The molecule has 12 nitrogen and oxygen atoms in total. The van der Waals surface area contributed by atoms with Crippen molar-refractivity contribution in [2.24, 2.45) is 0 Å². The fraction of sp³-hybridized carbons (Fsp3) is 0.651. The van der Waals surface area contributed by atoms with Crippen LogP contribution in [0.3, 0.4) is 0 Å². The molecule has 1 fully saturated rings. The van der Waals surface area contributed by atoms with Crippen molar-refractivity contribution < 1.29 is 58.2 Å². The number of aliphatic hydroxyl groups excluding tert-OH is 2. The van der Waals surface area contributed by atoms with Gasteiger partial charge >= 0.3 is 23.9 Å². The molecule has 0 aliphatic carbocycles. The van der Waals surface area contributed by atoms with Crippen molar-refractivity contribution in [1.82, 2.24) is 0 Å². The van der Waals surface area contributed by atoms with Crippen molar-refractivity contribution in [3.8, 4) is 0 Å². The lowest BCUT2D eigenvalue weighted by Crippen LogP contribution is -2.61. The highest BCUT2D eigenvalue weighted by molar-refractivity contribution is 5.74. The zero-order chi connectivity index (χ0) is 54.7. The van der Waals surface area contributed by atoms with Crippen LogP contribution in [-0.4, -0.2) is 89.2 Å². The van der Waals surface area contributed by atoms with Gasteiger partial charge in [-0.2, -0.15) is 0 Å². The van der Waals surface area contributed by atoms with Crippen molar-refractivity contribution in [1.29, 1.82) is 0 Å². The SMILES string of the molecule is CC/C=C\C/C=C\C/C=C\C/C=C\CCCCC(=O)OCC(COC1OC(C(=O)O)C(O)C(O)C1OC(=O)CCCCCCC/C=C\C/C=C\CCCCC)OC(=O)CCCCCCC/C=C\C/C=C\C/C=C\CC. The number of carboxylic acids is 1. The van der Waals surface area contributed by atoms with Crippen LogP contribution in [-0.2, 0) is 42.9 Å². The van der Waals surface area contributed by atoms with E-state index in [0.29, 0.717) is 19.3 Å². The van der Waals surface area contributed by atoms with E-state index in [-0.39, 0.29) is 25.9 Å². The summed E-state index contributed by atoms with van der Waals surface area (Å²) >= 11 is 0. The van der Waals surface area contributed by atoms with Crippen molar-refractivity contribution >= 4 is 23.9 Å². The first-order valence-electron chi connectivity index (χ1n) is 28.9. The molecule has 0 radical (unpaired) electrons. The second-order valence-electron chi connectivity index (χ2n) is 19.2.